The molecule has 220 valence electrons. The largest absolute Gasteiger partial charge is 0.416 e. The van der Waals surface area contributed by atoms with Gasteiger partial charge < -0.3 is 15.0 Å². The third kappa shape index (κ3) is 5.90. The van der Waals surface area contributed by atoms with Gasteiger partial charge >= 0.3 is 6.18 Å². The second-order valence-electron chi connectivity index (χ2n) is 10.8. The number of aryl methyl sites for hydroxylation is 2. The van der Waals surface area contributed by atoms with Crippen molar-refractivity contribution >= 4 is 17.7 Å². The Morgan fingerprint density at radius 1 is 0.929 bits per heavy atom. The van der Waals surface area contributed by atoms with E-state index in [2.05, 4.69) is 5.32 Å². The number of carbonyl (C=O) groups is 3. The lowest BCUT2D eigenvalue weighted by Gasteiger charge is -2.44. The molecule has 2 aliphatic heterocycles. The molecule has 3 aromatic carbocycles. The second-order valence-corrected chi connectivity index (χ2v) is 10.8. The van der Waals surface area contributed by atoms with E-state index in [0.29, 0.717) is 37.1 Å². The van der Waals surface area contributed by atoms with Gasteiger partial charge in [0, 0.05) is 43.6 Å². The predicted octanol–water partition coefficient (Wildman–Crippen LogP) is 5.11. The van der Waals surface area contributed by atoms with Crippen molar-refractivity contribution < 1.29 is 32.3 Å². The van der Waals surface area contributed by atoms with Gasteiger partial charge in [0.05, 0.1) is 12.2 Å². The Bertz CT molecular complexity index is 1480. The maximum atomic E-state index is 14.0. The van der Waals surface area contributed by atoms with E-state index in [1.54, 1.807) is 29.2 Å². The van der Waals surface area contributed by atoms with Crippen LogP contribution in [-0.2, 0) is 22.3 Å². The topological polar surface area (TPSA) is 79.0 Å². The molecule has 2 fully saturated rings. The van der Waals surface area contributed by atoms with Gasteiger partial charge in [-0.05, 0) is 55.3 Å². The minimum atomic E-state index is -4.50. The zero-order valence-electron chi connectivity index (χ0n) is 23.4. The fourth-order valence-corrected chi connectivity index (χ4v) is 5.61. The van der Waals surface area contributed by atoms with E-state index in [1.807, 2.05) is 38.1 Å². The van der Waals surface area contributed by atoms with Crippen LogP contribution >= 0.6 is 0 Å². The average molecular weight is 580 g/mol. The number of ether oxygens (including phenoxy) is 1. The summed E-state index contributed by atoms with van der Waals surface area (Å²) >= 11 is 0. The number of nitrogens with zero attached hydrogens (tertiary/aromatic N) is 2. The van der Waals surface area contributed by atoms with Gasteiger partial charge in [-0.25, -0.2) is 0 Å². The first-order valence-corrected chi connectivity index (χ1v) is 13.8. The molecule has 2 heterocycles. The van der Waals surface area contributed by atoms with E-state index in [1.165, 1.54) is 17.0 Å². The summed E-state index contributed by atoms with van der Waals surface area (Å²) in [5, 5.41) is 2.70. The molecule has 5 rings (SSSR count). The van der Waals surface area contributed by atoms with Crippen molar-refractivity contribution in [3.05, 3.63) is 106 Å². The van der Waals surface area contributed by atoms with E-state index in [-0.39, 0.29) is 30.5 Å². The summed E-state index contributed by atoms with van der Waals surface area (Å²) in [5.74, 6) is -1.01. The molecule has 42 heavy (non-hydrogen) atoms. The quantitative estimate of drug-likeness (QED) is 0.456. The van der Waals surface area contributed by atoms with E-state index < -0.39 is 29.4 Å². The maximum absolute atomic E-state index is 14.0. The van der Waals surface area contributed by atoms with Crippen LogP contribution in [0.25, 0.3) is 0 Å². The first-order valence-electron chi connectivity index (χ1n) is 13.8. The SMILES string of the molecule is Cc1ccc(C(=O)N2CCC3(CC2)OC[C@@H](C(=O)NCc2cccc(C(F)(F)F)c2)N3C(=O)c2ccccc2C)cc1. The number of piperidine rings is 1. The van der Waals surface area contributed by atoms with Crippen molar-refractivity contribution in [2.24, 2.45) is 0 Å². The standard InChI is InChI=1S/C32H32F3N3O4/c1-21-10-12-24(13-11-21)29(40)37-16-14-31(15-17-37)38(30(41)26-9-4-3-6-22(26)2)27(20-42-31)28(39)36-19-23-7-5-8-25(18-23)32(33,34)35/h3-13,18,27H,14-17,19-20H2,1-2H3,(H,36,39)/t27-/m0/s1. The van der Waals surface area contributed by atoms with Gasteiger partial charge in [0.25, 0.3) is 11.8 Å². The third-order valence-corrected chi connectivity index (χ3v) is 8.01. The van der Waals surface area contributed by atoms with Crippen LogP contribution < -0.4 is 5.32 Å². The average Bonchev–Trinajstić information content (AvgIpc) is 3.34. The summed E-state index contributed by atoms with van der Waals surface area (Å²) in [6.07, 6.45) is -3.89. The Labute approximate surface area is 242 Å². The Morgan fingerprint density at radius 2 is 1.62 bits per heavy atom. The molecular formula is C32H32F3N3O4. The van der Waals surface area contributed by atoms with Crippen molar-refractivity contribution in [1.82, 2.24) is 15.1 Å². The van der Waals surface area contributed by atoms with Crippen LogP contribution in [0.15, 0.2) is 72.8 Å². The number of nitrogens with one attached hydrogen (secondary N) is 1. The molecule has 0 radical (unpaired) electrons. The summed E-state index contributed by atoms with van der Waals surface area (Å²) in [4.78, 5) is 43.8. The van der Waals surface area contributed by atoms with Gasteiger partial charge in [-0.1, -0.05) is 48.0 Å². The van der Waals surface area contributed by atoms with Crippen molar-refractivity contribution in [2.45, 2.75) is 51.2 Å². The lowest BCUT2D eigenvalue weighted by molar-refractivity contribution is -0.137. The molecule has 7 nitrogen and oxygen atoms in total. The summed E-state index contributed by atoms with van der Waals surface area (Å²) in [6.45, 7) is 4.19. The van der Waals surface area contributed by atoms with Gasteiger partial charge in [0.2, 0.25) is 5.91 Å². The van der Waals surface area contributed by atoms with Crippen LogP contribution in [0.1, 0.15) is 55.8 Å². The van der Waals surface area contributed by atoms with Crippen LogP contribution in [-0.4, -0.2) is 59.0 Å². The fourth-order valence-electron chi connectivity index (χ4n) is 5.61. The number of likely N-dealkylation sites (tertiary alicyclic amines) is 1. The molecule has 0 aliphatic carbocycles. The van der Waals surface area contributed by atoms with E-state index in [0.717, 1.165) is 23.3 Å². The lowest BCUT2D eigenvalue weighted by atomic mass is 9.95. The number of alkyl halides is 3. The van der Waals surface area contributed by atoms with Gasteiger partial charge in [-0.3, -0.25) is 19.3 Å². The lowest BCUT2D eigenvalue weighted by Crippen LogP contribution is -2.59. The van der Waals surface area contributed by atoms with Gasteiger partial charge in [-0.2, -0.15) is 13.2 Å². The van der Waals surface area contributed by atoms with Crippen molar-refractivity contribution in [1.29, 1.82) is 0 Å². The molecule has 1 N–H and O–H groups in total. The minimum absolute atomic E-state index is 0.0715. The van der Waals surface area contributed by atoms with E-state index in [9.17, 15) is 27.6 Å². The van der Waals surface area contributed by atoms with Crippen LogP contribution in [0.5, 0.6) is 0 Å². The molecule has 1 spiro atoms. The molecular weight excluding hydrogens is 547 g/mol. The monoisotopic (exact) mass is 579 g/mol. The Hall–Kier alpha value is -4.18. The summed E-state index contributed by atoms with van der Waals surface area (Å²) < 4.78 is 45.7. The number of amides is 3. The fraction of sp³-hybridized carbons (Fsp3) is 0.344. The van der Waals surface area contributed by atoms with Crippen molar-refractivity contribution in [3.8, 4) is 0 Å². The first-order chi connectivity index (χ1) is 20.0. The normalized spacial score (nSPS) is 18.3. The minimum Gasteiger partial charge on any atom is -0.353 e. The predicted molar refractivity (Wildman–Crippen MR) is 149 cm³/mol. The summed E-state index contributed by atoms with van der Waals surface area (Å²) in [6, 6.07) is 18.1. The molecule has 0 aromatic heterocycles. The highest BCUT2D eigenvalue weighted by molar-refractivity contribution is 5.99. The van der Waals surface area contributed by atoms with E-state index in [4.69, 9.17) is 4.74 Å². The molecule has 3 amide bonds. The third-order valence-electron chi connectivity index (χ3n) is 8.01. The van der Waals surface area contributed by atoms with Crippen LogP contribution in [0.3, 0.4) is 0 Å². The molecule has 3 aromatic rings. The number of hydrogen-bond donors (Lipinski definition) is 1. The molecule has 2 aliphatic rings. The number of halogens is 3. The zero-order valence-corrected chi connectivity index (χ0v) is 23.4. The van der Waals surface area contributed by atoms with Crippen LogP contribution in [0.2, 0.25) is 0 Å². The smallest absolute Gasteiger partial charge is 0.353 e. The molecule has 0 bridgehead atoms. The number of hydrogen-bond acceptors (Lipinski definition) is 4. The van der Waals surface area contributed by atoms with Crippen LogP contribution in [0, 0.1) is 13.8 Å². The molecule has 2 saturated heterocycles. The second kappa shape index (κ2) is 11.6. The number of rotatable bonds is 5. The van der Waals surface area contributed by atoms with Gasteiger partial charge in [0.15, 0.2) is 0 Å². The molecule has 10 heteroatoms. The highest BCUT2D eigenvalue weighted by atomic mass is 19.4. The van der Waals surface area contributed by atoms with Crippen LogP contribution in [0.4, 0.5) is 13.2 Å². The Kier molecular flexibility index (Phi) is 8.10. The number of carbonyl (C=O) groups excluding carboxylic acids is 3. The number of benzene rings is 3. The highest BCUT2D eigenvalue weighted by Crippen LogP contribution is 2.39. The maximum Gasteiger partial charge on any atom is 0.416 e. The summed E-state index contributed by atoms with van der Waals surface area (Å²) in [5.41, 5.74) is 1.15. The first kappa shape index (κ1) is 29.3. The molecule has 1 atom stereocenters. The van der Waals surface area contributed by atoms with Gasteiger partial charge in [0.1, 0.15) is 11.8 Å². The highest BCUT2D eigenvalue weighted by Gasteiger charge is 2.54. The van der Waals surface area contributed by atoms with Gasteiger partial charge in [-0.15, -0.1) is 0 Å². The Balaban J connectivity index is 1.36. The van der Waals surface area contributed by atoms with E-state index >= 15 is 0 Å². The van der Waals surface area contributed by atoms with Crippen molar-refractivity contribution in [2.75, 3.05) is 19.7 Å². The summed E-state index contributed by atoms with van der Waals surface area (Å²) in [7, 11) is 0. The van der Waals surface area contributed by atoms with Crippen molar-refractivity contribution in [3.63, 3.8) is 0 Å². The zero-order chi connectivity index (χ0) is 30.1. The Morgan fingerprint density at radius 3 is 2.29 bits per heavy atom. The molecule has 0 unspecified atom stereocenters. The molecule has 0 saturated carbocycles.